The number of hydrogen-bond donors (Lipinski definition) is 1. The van der Waals surface area contributed by atoms with Gasteiger partial charge in [0.1, 0.15) is 13.2 Å². The van der Waals surface area contributed by atoms with Gasteiger partial charge in [0.15, 0.2) is 29.0 Å². The van der Waals surface area contributed by atoms with E-state index in [0.29, 0.717) is 36.1 Å². The third-order valence-electron chi connectivity index (χ3n) is 2.90. The van der Waals surface area contributed by atoms with Crippen LogP contribution in [0, 0.1) is 12.7 Å². The smallest absolute Gasteiger partial charge is 0.186 e. The van der Waals surface area contributed by atoms with Gasteiger partial charge in [0.05, 0.1) is 10.2 Å². The topological polar surface area (TPSA) is 70.3 Å². The first-order chi connectivity index (χ1) is 9.56. The number of nitrogens with zero attached hydrogens (tertiary/aromatic N) is 2. The van der Waals surface area contributed by atoms with E-state index < -0.39 is 5.82 Å². The number of aromatic nitrogens is 2. The highest BCUT2D eigenvalue weighted by atomic mass is 79.9. The second kappa shape index (κ2) is 4.90. The minimum Gasteiger partial charge on any atom is -0.486 e. The summed E-state index contributed by atoms with van der Waals surface area (Å²) in [5.74, 6) is 0.833. The average molecular weight is 340 g/mol. The number of nitrogens with two attached hydrogens (primary N) is 1. The van der Waals surface area contributed by atoms with Gasteiger partial charge >= 0.3 is 0 Å². The van der Waals surface area contributed by atoms with E-state index in [2.05, 4.69) is 25.9 Å². The fourth-order valence-electron chi connectivity index (χ4n) is 1.95. The molecule has 1 aliphatic heterocycles. The van der Waals surface area contributed by atoms with Crippen LogP contribution in [0.25, 0.3) is 11.4 Å². The Morgan fingerprint density at radius 3 is 2.75 bits per heavy atom. The number of ether oxygens (including phenoxy) is 2. The minimum absolute atomic E-state index is 0.168. The van der Waals surface area contributed by atoms with Crippen molar-refractivity contribution in [1.29, 1.82) is 0 Å². The zero-order valence-electron chi connectivity index (χ0n) is 10.6. The first-order valence-electron chi connectivity index (χ1n) is 5.95. The zero-order chi connectivity index (χ0) is 14.3. The molecular formula is C13H11BrFN3O2. The average Bonchev–Trinajstić information content (AvgIpc) is 2.44. The van der Waals surface area contributed by atoms with E-state index in [9.17, 15) is 4.39 Å². The summed E-state index contributed by atoms with van der Waals surface area (Å²) in [7, 11) is 0. The molecule has 0 unspecified atom stereocenters. The maximum atomic E-state index is 13.5. The van der Waals surface area contributed by atoms with Crippen molar-refractivity contribution in [2.75, 3.05) is 18.9 Å². The van der Waals surface area contributed by atoms with Gasteiger partial charge in [-0.2, -0.15) is 0 Å². The fourth-order valence-corrected chi connectivity index (χ4v) is 2.51. The Hall–Kier alpha value is -1.89. The molecule has 2 N–H and O–H groups in total. The molecule has 1 aromatic carbocycles. The van der Waals surface area contributed by atoms with Crippen molar-refractivity contribution >= 4 is 21.7 Å². The Bertz CT molecular complexity index is 671. The lowest BCUT2D eigenvalue weighted by atomic mass is 10.1. The van der Waals surface area contributed by atoms with E-state index in [-0.39, 0.29) is 11.5 Å². The fraction of sp³-hybridized carbons (Fsp3) is 0.231. The van der Waals surface area contributed by atoms with Crippen molar-refractivity contribution in [1.82, 2.24) is 9.97 Å². The van der Waals surface area contributed by atoms with E-state index in [0.717, 1.165) is 4.47 Å². The number of anilines is 1. The van der Waals surface area contributed by atoms with Gasteiger partial charge in [0, 0.05) is 5.56 Å². The largest absolute Gasteiger partial charge is 0.486 e. The summed E-state index contributed by atoms with van der Waals surface area (Å²) in [6.45, 7) is 2.53. The zero-order valence-corrected chi connectivity index (χ0v) is 12.2. The molecule has 1 aliphatic rings. The molecule has 104 valence electrons. The van der Waals surface area contributed by atoms with Crippen LogP contribution in [0.15, 0.2) is 16.6 Å². The number of nitrogen functional groups attached to an aromatic ring is 1. The van der Waals surface area contributed by atoms with Gasteiger partial charge in [-0.15, -0.1) is 0 Å². The molecule has 2 heterocycles. The molecule has 0 atom stereocenters. The first-order valence-corrected chi connectivity index (χ1v) is 6.74. The van der Waals surface area contributed by atoms with E-state index in [1.165, 1.54) is 0 Å². The molecule has 1 aromatic heterocycles. The summed E-state index contributed by atoms with van der Waals surface area (Å²) in [6, 6.07) is 3.55. The molecule has 2 aromatic rings. The van der Waals surface area contributed by atoms with E-state index in [1.54, 1.807) is 19.1 Å². The SMILES string of the molecule is Cc1nc(-c2cc(Br)c3c(c2)OCCO3)nc(N)c1F. The van der Waals surface area contributed by atoms with Crippen molar-refractivity contribution < 1.29 is 13.9 Å². The number of benzene rings is 1. The summed E-state index contributed by atoms with van der Waals surface area (Å²) in [4.78, 5) is 8.08. The highest BCUT2D eigenvalue weighted by Gasteiger charge is 2.19. The van der Waals surface area contributed by atoms with Crippen LogP contribution < -0.4 is 15.2 Å². The molecular weight excluding hydrogens is 329 g/mol. The molecule has 0 radical (unpaired) electrons. The van der Waals surface area contributed by atoms with Gasteiger partial charge in [-0.05, 0) is 35.0 Å². The number of halogens is 2. The Morgan fingerprint density at radius 1 is 1.25 bits per heavy atom. The van der Waals surface area contributed by atoms with Crippen LogP contribution in [0.5, 0.6) is 11.5 Å². The second-order valence-electron chi connectivity index (χ2n) is 4.31. The lowest BCUT2D eigenvalue weighted by Crippen LogP contribution is -2.15. The predicted octanol–water partition coefficient (Wildman–Crippen LogP) is 2.71. The van der Waals surface area contributed by atoms with Crippen molar-refractivity contribution in [2.24, 2.45) is 0 Å². The number of hydrogen-bond acceptors (Lipinski definition) is 5. The number of aryl methyl sites for hydroxylation is 1. The summed E-state index contributed by atoms with van der Waals surface area (Å²) < 4.78 is 25.3. The van der Waals surface area contributed by atoms with Crippen LogP contribution in [0.4, 0.5) is 10.2 Å². The predicted molar refractivity (Wildman–Crippen MR) is 75.3 cm³/mol. The van der Waals surface area contributed by atoms with E-state index >= 15 is 0 Å². The van der Waals surface area contributed by atoms with Gasteiger partial charge in [0.2, 0.25) is 0 Å². The van der Waals surface area contributed by atoms with Crippen LogP contribution in [0.1, 0.15) is 5.69 Å². The Morgan fingerprint density at radius 2 is 2.00 bits per heavy atom. The molecule has 7 heteroatoms. The first kappa shape index (κ1) is 13.1. The summed E-state index contributed by atoms with van der Waals surface area (Å²) in [6.07, 6.45) is 0. The second-order valence-corrected chi connectivity index (χ2v) is 5.17. The van der Waals surface area contributed by atoms with E-state index in [4.69, 9.17) is 15.2 Å². The molecule has 0 aliphatic carbocycles. The summed E-state index contributed by atoms with van der Waals surface area (Å²) >= 11 is 3.42. The molecule has 0 fully saturated rings. The van der Waals surface area contributed by atoms with Gasteiger partial charge in [-0.1, -0.05) is 0 Å². The minimum atomic E-state index is -0.592. The highest BCUT2D eigenvalue weighted by molar-refractivity contribution is 9.10. The van der Waals surface area contributed by atoms with Gasteiger partial charge in [-0.3, -0.25) is 0 Å². The Labute approximate surface area is 123 Å². The van der Waals surface area contributed by atoms with E-state index in [1.807, 2.05) is 0 Å². The summed E-state index contributed by atoms with van der Waals surface area (Å²) in [5.41, 5.74) is 6.42. The molecule has 3 rings (SSSR count). The van der Waals surface area contributed by atoms with Crippen LogP contribution in [0.3, 0.4) is 0 Å². The van der Waals surface area contributed by atoms with Gasteiger partial charge < -0.3 is 15.2 Å². The molecule has 0 bridgehead atoms. The molecule has 0 saturated heterocycles. The van der Waals surface area contributed by atoms with Crippen LogP contribution in [-0.4, -0.2) is 23.2 Å². The quantitative estimate of drug-likeness (QED) is 0.864. The van der Waals surface area contributed by atoms with Crippen molar-refractivity contribution in [3.8, 4) is 22.9 Å². The molecule has 5 nitrogen and oxygen atoms in total. The Kier molecular flexibility index (Phi) is 3.21. The highest BCUT2D eigenvalue weighted by Crippen LogP contribution is 2.40. The maximum absolute atomic E-state index is 13.5. The summed E-state index contributed by atoms with van der Waals surface area (Å²) in [5, 5.41) is 0. The Balaban J connectivity index is 2.13. The van der Waals surface area contributed by atoms with Crippen molar-refractivity contribution in [2.45, 2.75) is 6.92 Å². The van der Waals surface area contributed by atoms with Crippen LogP contribution in [-0.2, 0) is 0 Å². The number of fused-ring (bicyclic) bond motifs is 1. The molecule has 20 heavy (non-hydrogen) atoms. The molecule has 0 amide bonds. The molecule has 0 spiro atoms. The normalized spacial score (nSPS) is 13.3. The van der Waals surface area contributed by atoms with Crippen molar-refractivity contribution in [3.05, 3.63) is 28.1 Å². The van der Waals surface area contributed by atoms with Crippen LogP contribution >= 0.6 is 15.9 Å². The lowest BCUT2D eigenvalue weighted by molar-refractivity contribution is 0.170. The lowest BCUT2D eigenvalue weighted by Gasteiger charge is -2.20. The monoisotopic (exact) mass is 339 g/mol. The van der Waals surface area contributed by atoms with Crippen molar-refractivity contribution in [3.63, 3.8) is 0 Å². The standard InChI is InChI=1S/C13H11BrFN3O2/c1-6-10(15)12(16)18-13(17-6)7-4-8(14)11-9(5-7)19-2-3-20-11/h4-5H,2-3H2,1H3,(H2,16,17,18). The maximum Gasteiger partial charge on any atom is 0.186 e. The number of rotatable bonds is 1. The molecule has 0 saturated carbocycles. The third kappa shape index (κ3) is 2.18. The third-order valence-corrected chi connectivity index (χ3v) is 3.49. The van der Waals surface area contributed by atoms with Gasteiger partial charge in [0.25, 0.3) is 0 Å². The van der Waals surface area contributed by atoms with Gasteiger partial charge in [-0.25, -0.2) is 14.4 Å². The van der Waals surface area contributed by atoms with Crippen LogP contribution in [0.2, 0.25) is 0 Å².